The van der Waals surface area contributed by atoms with E-state index in [1.807, 2.05) is 6.07 Å². The number of carboxylic acid groups (broad SMARTS) is 1. The van der Waals surface area contributed by atoms with Gasteiger partial charge < -0.3 is 5.11 Å². The van der Waals surface area contributed by atoms with Crippen LogP contribution < -0.4 is 4.31 Å². The molecule has 0 spiro atoms. The van der Waals surface area contributed by atoms with Crippen LogP contribution in [0.25, 0.3) is 0 Å². The molecule has 1 N–H and O–H groups in total. The van der Waals surface area contributed by atoms with Gasteiger partial charge in [0.05, 0.1) is 11.3 Å². The van der Waals surface area contributed by atoms with Crippen molar-refractivity contribution >= 4 is 21.7 Å². The van der Waals surface area contributed by atoms with Crippen molar-refractivity contribution in [2.45, 2.75) is 0 Å². The van der Waals surface area contributed by atoms with Crippen LogP contribution in [0.3, 0.4) is 0 Å². The van der Waals surface area contributed by atoms with Gasteiger partial charge in [0.1, 0.15) is 6.07 Å². The lowest BCUT2D eigenvalue weighted by Crippen LogP contribution is -2.32. The molecule has 6 nitrogen and oxygen atoms in total. The van der Waals surface area contributed by atoms with E-state index in [1.54, 1.807) is 12.1 Å². The van der Waals surface area contributed by atoms with Crippen molar-refractivity contribution in [2.75, 3.05) is 17.1 Å². The van der Waals surface area contributed by atoms with E-state index in [2.05, 4.69) is 0 Å². The highest BCUT2D eigenvalue weighted by Crippen LogP contribution is 2.20. The highest BCUT2D eigenvalue weighted by Gasteiger charge is 2.23. The molecule has 0 heterocycles. The average Bonchev–Trinajstić information content (AvgIpc) is 2.26. The Morgan fingerprint density at radius 3 is 2.59 bits per heavy atom. The largest absolute Gasteiger partial charge is 0.480 e. The SMILES string of the molecule is CN(c1ccccc1C#N)S(=O)(=O)CC(=O)O. The number of hydrogen-bond acceptors (Lipinski definition) is 4. The molecule has 0 aromatic heterocycles. The van der Waals surface area contributed by atoms with E-state index in [0.717, 1.165) is 4.31 Å². The molecule has 0 saturated heterocycles. The lowest BCUT2D eigenvalue weighted by Gasteiger charge is -2.19. The molecule has 0 amide bonds. The van der Waals surface area contributed by atoms with E-state index in [0.29, 0.717) is 0 Å². The third-order valence-corrected chi connectivity index (χ3v) is 3.73. The lowest BCUT2D eigenvalue weighted by atomic mass is 10.2. The first-order valence-corrected chi connectivity index (χ1v) is 6.17. The number of rotatable bonds is 4. The first-order chi connectivity index (χ1) is 7.88. The monoisotopic (exact) mass is 254 g/mol. The van der Waals surface area contributed by atoms with E-state index < -0.39 is 21.7 Å². The maximum absolute atomic E-state index is 11.6. The van der Waals surface area contributed by atoms with E-state index >= 15 is 0 Å². The summed E-state index contributed by atoms with van der Waals surface area (Å²) in [5.41, 5.74) is 0.334. The molecular weight excluding hydrogens is 244 g/mol. The second-order valence-electron chi connectivity index (χ2n) is 3.25. The van der Waals surface area contributed by atoms with Gasteiger partial charge in [-0.15, -0.1) is 0 Å². The van der Waals surface area contributed by atoms with Crippen molar-refractivity contribution in [1.29, 1.82) is 5.26 Å². The van der Waals surface area contributed by atoms with Crippen LogP contribution in [-0.2, 0) is 14.8 Å². The molecule has 0 radical (unpaired) electrons. The molecule has 0 aliphatic heterocycles. The van der Waals surface area contributed by atoms with Crippen molar-refractivity contribution in [3.63, 3.8) is 0 Å². The van der Waals surface area contributed by atoms with Crippen molar-refractivity contribution in [1.82, 2.24) is 0 Å². The smallest absolute Gasteiger partial charge is 0.320 e. The standard InChI is InChI=1S/C10H10N2O4S/c1-12(17(15,16)7-10(13)14)9-5-3-2-4-8(9)6-11/h2-5H,7H2,1H3,(H,13,14). The van der Waals surface area contributed by atoms with E-state index in [9.17, 15) is 13.2 Å². The molecule has 0 aliphatic rings. The van der Waals surface area contributed by atoms with Crippen molar-refractivity contribution < 1.29 is 18.3 Å². The van der Waals surface area contributed by atoms with Crippen LogP contribution >= 0.6 is 0 Å². The number of sulfonamides is 1. The van der Waals surface area contributed by atoms with Gasteiger partial charge in [0.2, 0.25) is 10.0 Å². The van der Waals surface area contributed by atoms with Gasteiger partial charge in [-0.3, -0.25) is 9.10 Å². The summed E-state index contributed by atoms with van der Waals surface area (Å²) in [6.07, 6.45) is 0. The number of benzene rings is 1. The van der Waals surface area contributed by atoms with Crippen molar-refractivity contribution in [3.8, 4) is 6.07 Å². The first kappa shape index (κ1) is 13.0. The van der Waals surface area contributed by atoms with Crippen molar-refractivity contribution in [3.05, 3.63) is 29.8 Å². The summed E-state index contributed by atoms with van der Waals surface area (Å²) >= 11 is 0. The molecule has 17 heavy (non-hydrogen) atoms. The van der Waals surface area contributed by atoms with Gasteiger partial charge >= 0.3 is 5.97 Å². The Kier molecular flexibility index (Phi) is 3.70. The summed E-state index contributed by atoms with van der Waals surface area (Å²) < 4.78 is 24.1. The number of para-hydroxylation sites is 1. The van der Waals surface area contributed by atoms with Gasteiger partial charge in [-0.05, 0) is 12.1 Å². The van der Waals surface area contributed by atoms with E-state index in [-0.39, 0.29) is 11.3 Å². The molecule has 7 heteroatoms. The maximum atomic E-state index is 11.6. The van der Waals surface area contributed by atoms with Crippen LogP contribution in [0.5, 0.6) is 0 Å². The normalized spacial score (nSPS) is 10.6. The summed E-state index contributed by atoms with van der Waals surface area (Å²) in [6.45, 7) is 0. The molecule has 0 atom stereocenters. The summed E-state index contributed by atoms with van der Waals surface area (Å²) in [7, 11) is -2.75. The summed E-state index contributed by atoms with van der Waals surface area (Å²) in [4.78, 5) is 10.4. The van der Waals surface area contributed by atoms with Gasteiger partial charge in [-0.1, -0.05) is 12.1 Å². The Labute approximate surface area is 98.8 Å². The maximum Gasteiger partial charge on any atom is 0.320 e. The molecule has 90 valence electrons. The number of nitrogens with zero attached hydrogens (tertiary/aromatic N) is 2. The topological polar surface area (TPSA) is 98.5 Å². The number of carbonyl (C=O) groups is 1. The first-order valence-electron chi connectivity index (χ1n) is 4.56. The van der Waals surface area contributed by atoms with Gasteiger partial charge in [-0.2, -0.15) is 5.26 Å². The average molecular weight is 254 g/mol. The summed E-state index contributed by atoms with van der Waals surface area (Å²) in [5, 5.41) is 17.3. The fraction of sp³-hybridized carbons (Fsp3) is 0.200. The molecule has 1 aromatic carbocycles. The van der Waals surface area contributed by atoms with E-state index in [4.69, 9.17) is 10.4 Å². The minimum absolute atomic E-state index is 0.163. The van der Waals surface area contributed by atoms with Gasteiger partial charge in [-0.25, -0.2) is 8.42 Å². The third kappa shape index (κ3) is 2.95. The Morgan fingerprint density at radius 1 is 1.47 bits per heavy atom. The number of nitriles is 1. The zero-order valence-electron chi connectivity index (χ0n) is 8.99. The molecule has 0 fully saturated rings. The second kappa shape index (κ2) is 4.84. The number of anilines is 1. The zero-order chi connectivity index (χ0) is 13.1. The quantitative estimate of drug-likeness (QED) is 0.839. The van der Waals surface area contributed by atoms with Crippen molar-refractivity contribution in [2.24, 2.45) is 0 Å². The minimum Gasteiger partial charge on any atom is -0.480 e. The fourth-order valence-electron chi connectivity index (χ4n) is 1.25. The molecule has 0 bridgehead atoms. The van der Waals surface area contributed by atoms with E-state index in [1.165, 1.54) is 19.2 Å². The van der Waals surface area contributed by atoms with Crippen LogP contribution in [0.2, 0.25) is 0 Å². The fourth-order valence-corrected chi connectivity index (χ4v) is 2.21. The molecule has 1 rings (SSSR count). The molecule has 0 saturated carbocycles. The Morgan fingerprint density at radius 2 is 2.06 bits per heavy atom. The number of carboxylic acids is 1. The Hall–Kier alpha value is -2.07. The van der Waals surface area contributed by atoms with Crippen LogP contribution in [0.4, 0.5) is 5.69 Å². The molecular formula is C10H10N2O4S. The third-order valence-electron chi connectivity index (χ3n) is 2.09. The highest BCUT2D eigenvalue weighted by molar-refractivity contribution is 7.93. The van der Waals surface area contributed by atoms with Gasteiger partial charge in [0, 0.05) is 7.05 Å². The number of aliphatic carboxylic acids is 1. The Bertz CT molecular complexity index is 574. The Balaban J connectivity index is 3.18. The molecule has 1 aromatic rings. The predicted molar refractivity (Wildman–Crippen MR) is 61.0 cm³/mol. The zero-order valence-corrected chi connectivity index (χ0v) is 9.81. The highest BCUT2D eigenvalue weighted by atomic mass is 32.2. The van der Waals surface area contributed by atoms with Gasteiger partial charge in [0.25, 0.3) is 0 Å². The van der Waals surface area contributed by atoms with Crippen LogP contribution in [0, 0.1) is 11.3 Å². The van der Waals surface area contributed by atoms with Gasteiger partial charge in [0.15, 0.2) is 5.75 Å². The van der Waals surface area contributed by atoms with Crippen LogP contribution in [0.1, 0.15) is 5.56 Å². The minimum atomic E-state index is -3.96. The predicted octanol–water partition coefficient (Wildman–Crippen LogP) is 0.409. The second-order valence-corrected chi connectivity index (χ2v) is 5.25. The summed E-state index contributed by atoms with van der Waals surface area (Å²) in [6, 6.07) is 7.92. The summed E-state index contributed by atoms with van der Waals surface area (Å²) in [5.74, 6) is -2.45. The molecule has 0 aliphatic carbocycles. The number of hydrogen-bond donors (Lipinski definition) is 1. The van der Waals surface area contributed by atoms with Crippen LogP contribution in [0.15, 0.2) is 24.3 Å². The lowest BCUT2D eigenvalue weighted by molar-refractivity contribution is -0.134. The van der Waals surface area contributed by atoms with Crippen LogP contribution in [-0.4, -0.2) is 32.3 Å². The molecule has 0 unspecified atom stereocenters.